The molecule has 0 amide bonds. The molecule has 2 aromatic heterocycles. The first kappa shape index (κ1) is 19.4. The highest BCUT2D eigenvalue weighted by Gasteiger charge is 2.27. The number of nitrogens with zero attached hydrogens (tertiary/aromatic N) is 3. The summed E-state index contributed by atoms with van der Waals surface area (Å²) >= 11 is 0. The largest absolute Gasteiger partial charge is 0.382 e. The Morgan fingerprint density at radius 2 is 1.63 bits per heavy atom. The Hall–Kier alpha value is -2.60. The number of anilines is 3. The molecule has 5 N–H and O–H groups in total. The molecule has 0 saturated heterocycles. The molecule has 5 rings (SSSR count). The van der Waals surface area contributed by atoms with Crippen LogP contribution in [0.1, 0.15) is 80.8 Å². The van der Waals surface area contributed by atoms with E-state index in [1.165, 1.54) is 37.7 Å². The van der Waals surface area contributed by atoms with Gasteiger partial charge in [-0.25, -0.2) is 9.50 Å². The van der Waals surface area contributed by atoms with Crippen LogP contribution in [0.2, 0.25) is 0 Å². The van der Waals surface area contributed by atoms with Gasteiger partial charge in [-0.1, -0.05) is 31.4 Å². The van der Waals surface area contributed by atoms with E-state index in [-0.39, 0.29) is 0 Å². The maximum Gasteiger partial charge on any atom is 0.177 e. The Bertz CT molecular complexity index is 994. The summed E-state index contributed by atoms with van der Waals surface area (Å²) in [7, 11) is 0. The Morgan fingerprint density at radius 1 is 0.900 bits per heavy atom. The van der Waals surface area contributed by atoms with Gasteiger partial charge in [0.2, 0.25) is 0 Å². The van der Waals surface area contributed by atoms with Gasteiger partial charge in [-0.05, 0) is 68.1 Å². The van der Waals surface area contributed by atoms with E-state index in [1.54, 1.807) is 10.7 Å². The predicted molar refractivity (Wildman–Crippen MR) is 122 cm³/mol. The first-order chi connectivity index (χ1) is 14.7. The molecule has 2 saturated carbocycles. The number of benzene rings is 1. The summed E-state index contributed by atoms with van der Waals surface area (Å²) in [5, 5.41) is 8.21. The molecule has 2 aliphatic carbocycles. The van der Waals surface area contributed by atoms with Gasteiger partial charge in [-0.3, -0.25) is 0 Å². The topological polar surface area (TPSA) is 94.3 Å². The first-order valence-corrected chi connectivity index (χ1v) is 11.4. The summed E-state index contributed by atoms with van der Waals surface area (Å²) in [4.78, 5) is 4.58. The fourth-order valence-electron chi connectivity index (χ4n) is 5.34. The van der Waals surface area contributed by atoms with Crippen molar-refractivity contribution in [3.8, 4) is 0 Å². The Labute approximate surface area is 178 Å². The number of imidazole rings is 1. The van der Waals surface area contributed by atoms with E-state index in [2.05, 4.69) is 39.7 Å². The summed E-state index contributed by atoms with van der Waals surface area (Å²) in [5.41, 5.74) is 18.0. The van der Waals surface area contributed by atoms with Gasteiger partial charge in [0, 0.05) is 29.7 Å². The second-order valence-electron chi connectivity index (χ2n) is 9.06. The van der Waals surface area contributed by atoms with Gasteiger partial charge < -0.3 is 16.8 Å². The molecule has 3 aromatic rings. The number of nitrogen functional groups attached to an aromatic ring is 1. The summed E-state index contributed by atoms with van der Waals surface area (Å²) in [5.74, 6) is 1.66. The van der Waals surface area contributed by atoms with Crippen LogP contribution in [0.4, 0.5) is 17.2 Å². The number of fused-ring (bicyclic) bond motifs is 1. The fraction of sp³-hybridized carbons (Fsp3) is 0.500. The van der Waals surface area contributed by atoms with Crippen LogP contribution in [0.25, 0.3) is 5.65 Å². The lowest BCUT2D eigenvalue weighted by Gasteiger charge is -2.29. The lowest BCUT2D eigenvalue weighted by Crippen LogP contribution is -2.26. The minimum absolute atomic E-state index is 0.300. The number of nitrogens with two attached hydrogens (primary N) is 2. The number of hydrogen-bond acceptors (Lipinski definition) is 5. The monoisotopic (exact) mass is 404 g/mol. The van der Waals surface area contributed by atoms with Crippen LogP contribution in [0.3, 0.4) is 0 Å². The average Bonchev–Trinajstić information content (AvgIpc) is 3.24. The van der Waals surface area contributed by atoms with Crippen molar-refractivity contribution in [1.82, 2.24) is 14.6 Å². The van der Waals surface area contributed by atoms with E-state index in [0.29, 0.717) is 23.7 Å². The zero-order valence-electron chi connectivity index (χ0n) is 17.6. The highest BCUT2D eigenvalue weighted by atomic mass is 15.3. The quantitative estimate of drug-likeness (QED) is 0.563. The van der Waals surface area contributed by atoms with Crippen molar-refractivity contribution >= 4 is 22.8 Å². The molecule has 0 aliphatic heterocycles. The fourth-order valence-corrected chi connectivity index (χ4v) is 5.34. The van der Waals surface area contributed by atoms with Gasteiger partial charge in [0.05, 0.1) is 5.69 Å². The van der Waals surface area contributed by atoms with E-state index in [1.807, 2.05) is 6.20 Å². The minimum atomic E-state index is 0.300. The summed E-state index contributed by atoms with van der Waals surface area (Å²) in [6, 6.07) is 9.26. The highest BCUT2D eigenvalue weighted by Crippen LogP contribution is 2.41. The van der Waals surface area contributed by atoms with Gasteiger partial charge in [0.1, 0.15) is 5.82 Å². The van der Waals surface area contributed by atoms with E-state index in [0.717, 1.165) is 48.3 Å². The van der Waals surface area contributed by atoms with Crippen molar-refractivity contribution < 1.29 is 0 Å². The third-order valence-corrected chi connectivity index (χ3v) is 7.04. The molecule has 30 heavy (non-hydrogen) atoms. The average molecular weight is 405 g/mol. The number of rotatable bonds is 4. The third kappa shape index (κ3) is 3.76. The summed E-state index contributed by atoms with van der Waals surface area (Å²) in [6.07, 6.45) is 14.5. The van der Waals surface area contributed by atoms with Crippen LogP contribution in [-0.4, -0.2) is 20.6 Å². The van der Waals surface area contributed by atoms with E-state index < -0.39 is 0 Å². The van der Waals surface area contributed by atoms with Crippen LogP contribution >= 0.6 is 0 Å². The molecule has 1 aromatic carbocycles. The lowest BCUT2D eigenvalue weighted by molar-refractivity contribution is 0.396. The van der Waals surface area contributed by atoms with Gasteiger partial charge >= 0.3 is 0 Å². The Balaban J connectivity index is 1.47. The summed E-state index contributed by atoms with van der Waals surface area (Å²) in [6.45, 7) is 0. The maximum absolute atomic E-state index is 6.46. The maximum atomic E-state index is 6.46. The SMILES string of the molecule is Nc1nn2ccnc2c(Nc2ccc(C3CCCCC3)cc2)c1C1CCC(N)CC1. The molecular formula is C24H32N6. The molecule has 0 atom stereocenters. The molecule has 158 valence electrons. The van der Waals surface area contributed by atoms with E-state index in [9.17, 15) is 0 Å². The lowest BCUT2D eigenvalue weighted by atomic mass is 9.81. The molecule has 2 aliphatic rings. The zero-order chi connectivity index (χ0) is 20.5. The van der Waals surface area contributed by atoms with Crippen molar-refractivity contribution in [2.45, 2.75) is 75.7 Å². The van der Waals surface area contributed by atoms with Crippen molar-refractivity contribution in [3.63, 3.8) is 0 Å². The van der Waals surface area contributed by atoms with Crippen molar-refractivity contribution in [3.05, 3.63) is 47.8 Å². The van der Waals surface area contributed by atoms with Crippen LogP contribution in [0.5, 0.6) is 0 Å². The molecule has 6 nitrogen and oxygen atoms in total. The van der Waals surface area contributed by atoms with Gasteiger partial charge in [0.15, 0.2) is 5.65 Å². The molecule has 0 spiro atoms. The minimum Gasteiger partial charge on any atom is -0.382 e. The van der Waals surface area contributed by atoms with Crippen molar-refractivity contribution in [2.24, 2.45) is 5.73 Å². The van der Waals surface area contributed by atoms with Crippen molar-refractivity contribution in [1.29, 1.82) is 0 Å². The second-order valence-corrected chi connectivity index (χ2v) is 9.06. The van der Waals surface area contributed by atoms with Crippen LogP contribution in [0.15, 0.2) is 36.7 Å². The zero-order valence-corrected chi connectivity index (χ0v) is 17.6. The third-order valence-electron chi connectivity index (χ3n) is 7.04. The van der Waals surface area contributed by atoms with Crippen LogP contribution in [0, 0.1) is 0 Å². The van der Waals surface area contributed by atoms with E-state index in [4.69, 9.17) is 11.5 Å². The van der Waals surface area contributed by atoms with Gasteiger partial charge in [-0.15, -0.1) is 5.10 Å². The van der Waals surface area contributed by atoms with Crippen LogP contribution < -0.4 is 16.8 Å². The molecule has 0 unspecified atom stereocenters. The van der Waals surface area contributed by atoms with Gasteiger partial charge in [0.25, 0.3) is 0 Å². The van der Waals surface area contributed by atoms with Crippen LogP contribution in [-0.2, 0) is 0 Å². The molecule has 6 heteroatoms. The normalized spacial score (nSPS) is 23.0. The smallest absolute Gasteiger partial charge is 0.177 e. The predicted octanol–water partition coefficient (Wildman–Crippen LogP) is 5.09. The number of hydrogen-bond donors (Lipinski definition) is 3. The first-order valence-electron chi connectivity index (χ1n) is 11.4. The molecular weight excluding hydrogens is 372 g/mol. The highest BCUT2D eigenvalue weighted by molar-refractivity contribution is 5.80. The van der Waals surface area contributed by atoms with Crippen molar-refractivity contribution in [2.75, 3.05) is 11.1 Å². The molecule has 2 fully saturated rings. The van der Waals surface area contributed by atoms with E-state index >= 15 is 0 Å². The molecule has 0 bridgehead atoms. The second kappa shape index (κ2) is 8.26. The number of nitrogens with one attached hydrogen (secondary N) is 1. The van der Waals surface area contributed by atoms with Gasteiger partial charge in [-0.2, -0.15) is 0 Å². The molecule has 0 radical (unpaired) electrons. The Kier molecular flexibility index (Phi) is 5.34. The number of aromatic nitrogens is 3. The molecule has 2 heterocycles. The Morgan fingerprint density at radius 3 is 2.37 bits per heavy atom. The summed E-state index contributed by atoms with van der Waals surface area (Å²) < 4.78 is 1.77. The standard InChI is InChI=1S/C24H32N6/c25-19-10-6-18(7-11-19)21-22(24-27-14-15-30(24)29-23(21)26)28-20-12-8-17(9-13-20)16-4-2-1-3-5-16/h8-9,12-16,18-19,28H,1-7,10-11,25H2,(H2,26,29).